The summed E-state index contributed by atoms with van der Waals surface area (Å²) in [4.78, 5) is 4.66. The van der Waals surface area contributed by atoms with E-state index in [1.54, 1.807) is 0 Å². The third-order valence-corrected chi connectivity index (χ3v) is 8.06. The van der Waals surface area contributed by atoms with Gasteiger partial charge in [0.1, 0.15) is 0 Å². The van der Waals surface area contributed by atoms with E-state index in [9.17, 15) is 0 Å². The first-order chi connectivity index (χ1) is 20.6. The minimum atomic E-state index is 0.957. The van der Waals surface area contributed by atoms with Crippen molar-refractivity contribution in [3.8, 4) is 0 Å². The summed E-state index contributed by atoms with van der Waals surface area (Å²) in [7, 11) is 2.14. The van der Waals surface area contributed by atoms with Gasteiger partial charge in [-0.15, -0.1) is 0 Å². The lowest BCUT2D eigenvalue weighted by Crippen LogP contribution is -2.15. The fourth-order valence-corrected chi connectivity index (χ4v) is 5.69. The molecule has 0 aromatic heterocycles. The lowest BCUT2D eigenvalue weighted by Gasteiger charge is -2.28. The third-order valence-electron chi connectivity index (χ3n) is 8.06. The van der Waals surface area contributed by atoms with Crippen molar-refractivity contribution in [3.63, 3.8) is 0 Å². The Balaban J connectivity index is 1.40. The molecule has 42 heavy (non-hydrogen) atoms. The van der Waals surface area contributed by atoms with E-state index in [1.807, 2.05) is 0 Å². The topological polar surface area (TPSA) is 6.48 Å². The summed E-state index contributed by atoms with van der Waals surface area (Å²) in [6.07, 6.45) is 5.44. The van der Waals surface area contributed by atoms with Crippen LogP contribution in [0.2, 0.25) is 0 Å². The SMILES string of the molecule is CC/C(=C\C=C(/C)c1ccc(N(c2cccc3ccccc23)c2cccc3ccccc23)cc1)N(C)c1ccccc1. The van der Waals surface area contributed by atoms with Crippen molar-refractivity contribution in [2.75, 3.05) is 16.8 Å². The van der Waals surface area contributed by atoms with E-state index in [2.05, 4.69) is 182 Å². The van der Waals surface area contributed by atoms with E-state index in [0.717, 1.165) is 12.1 Å². The second-order valence-electron chi connectivity index (χ2n) is 10.6. The summed E-state index contributed by atoms with van der Waals surface area (Å²) < 4.78 is 0. The van der Waals surface area contributed by atoms with Gasteiger partial charge in [-0.2, -0.15) is 0 Å². The molecular weight excluding hydrogens is 508 g/mol. The van der Waals surface area contributed by atoms with Crippen LogP contribution in [0.4, 0.5) is 22.7 Å². The number of rotatable bonds is 8. The Morgan fingerprint density at radius 1 is 0.548 bits per heavy atom. The van der Waals surface area contributed by atoms with Crippen LogP contribution in [0.1, 0.15) is 25.8 Å². The van der Waals surface area contributed by atoms with E-state index in [4.69, 9.17) is 0 Å². The molecular formula is C40H36N2. The minimum absolute atomic E-state index is 0.957. The van der Waals surface area contributed by atoms with Crippen LogP contribution in [0.5, 0.6) is 0 Å². The van der Waals surface area contributed by atoms with Gasteiger partial charge in [0, 0.05) is 34.9 Å². The average molecular weight is 545 g/mol. The van der Waals surface area contributed by atoms with Gasteiger partial charge in [-0.05, 0) is 77.7 Å². The molecule has 0 saturated heterocycles. The van der Waals surface area contributed by atoms with Crippen molar-refractivity contribution < 1.29 is 0 Å². The van der Waals surface area contributed by atoms with E-state index >= 15 is 0 Å². The van der Waals surface area contributed by atoms with Crippen molar-refractivity contribution in [2.45, 2.75) is 20.3 Å². The molecule has 0 fully saturated rings. The van der Waals surface area contributed by atoms with Crippen LogP contribution in [-0.4, -0.2) is 7.05 Å². The van der Waals surface area contributed by atoms with Gasteiger partial charge in [0.05, 0.1) is 11.4 Å². The number of nitrogens with zero attached hydrogens (tertiary/aromatic N) is 2. The van der Waals surface area contributed by atoms with Crippen LogP contribution in [0.3, 0.4) is 0 Å². The Morgan fingerprint density at radius 2 is 1.07 bits per heavy atom. The fraction of sp³-hybridized carbons (Fsp3) is 0.100. The Morgan fingerprint density at radius 3 is 1.64 bits per heavy atom. The highest BCUT2D eigenvalue weighted by Gasteiger charge is 2.17. The fourth-order valence-electron chi connectivity index (χ4n) is 5.69. The molecule has 0 radical (unpaired) electrons. The first-order valence-electron chi connectivity index (χ1n) is 14.7. The zero-order valence-corrected chi connectivity index (χ0v) is 24.5. The summed E-state index contributed by atoms with van der Waals surface area (Å²) in [5, 5.41) is 4.92. The highest BCUT2D eigenvalue weighted by Crippen LogP contribution is 2.42. The molecule has 6 rings (SSSR count). The van der Waals surface area contributed by atoms with Gasteiger partial charge in [-0.1, -0.05) is 116 Å². The van der Waals surface area contributed by atoms with Crippen LogP contribution in [-0.2, 0) is 0 Å². The lowest BCUT2D eigenvalue weighted by atomic mass is 10.0. The van der Waals surface area contributed by atoms with Crippen LogP contribution >= 0.6 is 0 Å². The number of anilines is 4. The van der Waals surface area contributed by atoms with Crippen LogP contribution in [0, 0.1) is 0 Å². The van der Waals surface area contributed by atoms with Crippen molar-refractivity contribution in [1.29, 1.82) is 0 Å². The first-order valence-corrected chi connectivity index (χ1v) is 14.7. The van der Waals surface area contributed by atoms with Crippen molar-refractivity contribution in [1.82, 2.24) is 0 Å². The molecule has 0 atom stereocenters. The third kappa shape index (κ3) is 5.44. The molecule has 206 valence electrons. The maximum Gasteiger partial charge on any atom is 0.0540 e. The molecule has 0 saturated carbocycles. The molecule has 0 aliphatic heterocycles. The highest BCUT2D eigenvalue weighted by atomic mass is 15.1. The van der Waals surface area contributed by atoms with Gasteiger partial charge < -0.3 is 9.80 Å². The standard InChI is InChI=1S/C40H36N2/c1-4-34(41(3)35-18-6-5-7-19-35)27-24-30(2)31-25-28-36(29-26-31)42(39-22-12-16-32-14-8-10-20-37(32)39)40-23-13-17-33-15-9-11-21-38(33)40/h5-29H,4H2,1-3H3/b30-24+,34-27+. The molecule has 0 N–H and O–H groups in total. The molecule has 0 aliphatic carbocycles. The summed E-state index contributed by atoms with van der Waals surface area (Å²) >= 11 is 0. The molecule has 2 heteroatoms. The lowest BCUT2D eigenvalue weighted by molar-refractivity contribution is 0.977. The van der Waals surface area contributed by atoms with Crippen LogP contribution in [0.15, 0.2) is 157 Å². The van der Waals surface area contributed by atoms with Gasteiger partial charge in [0.2, 0.25) is 0 Å². The zero-order chi connectivity index (χ0) is 28.9. The molecule has 0 amide bonds. The second kappa shape index (κ2) is 12.2. The first kappa shape index (κ1) is 27.1. The summed E-state index contributed by atoms with van der Waals surface area (Å²) in [5.74, 6) is 0. The maximum absolute atomic E-state index is 2.40. The normalized spacial score (nSPS) is 12.1. The number of para-hydroxylation sites is 1. The van der Waals surface area contributed by atoms with E-state index in [-0.39, 0.29) is 0 Å². The molecule has 0 unspecified atom stereocenters. The Kier molecular flexibility index (Phi) is 7.87. The monoisotopic (exact) mass is 544 g/mol. The van der Waals surface area contributed by atoms with Gasteiger partial charge in [0.15, 0.2) is 0 Å². The molecule has 0 aliphatic rings. The smallest absolute Gasteiger partial charge is 0.0540 e. The molecule has 0 heterocycles. The van der Waals surface area contributed by atoms with Gasteiger partial charge >= 0.3 is 0 Å². The van der Waals surface area contributed by atoms with Crippen molar-refractivity contribution in [3.05, 3.63) is 163 Å². The van der Waals surface area contributed by atoms with Crippen LogP contribution in [0.25, 0.3) is 27.1 Å². The highest BCUT2D eigenvalue weighted by molar-refractivity contribution is 6.04. The van der Waals surface area contributed by atoms with Gasteiger partial charge in [0.25, 0.3) is 0 Å². The van der Waals surface area contributed by atoms with E-state index in [0.29, 0.717) is 0 Å². The Labute approximate surface area is 249 Å². The molecule has 6 aromatic rings. The number of hydrogen-bond acceptors (Lipinski definition) is 2. The number of fused-ring (bicyclic) bond motifs is 2. The van der Waals surface area contributed by atoms with E-state index in [1.165, 1.54) is 55.4 Å². The van der Waals surface area contributed by atoms with Crippen molar-refractivity contribution >= 4 is 49.9 Å². The minimum Gasteiger partial charge on any atom is -0.348 e. The van der Waals surface area contributed by atoms with Gasteiger partial charge in [-0.25, -0.2) is 0 Å². The zero-order valence-electron chi connectivity index (χ0n) is 24.5. The average Bonchev–Trinajstić information content (AvgIpc) is 3.06. The second-order valence-corrected chi connectivity index (χ2v) is 10.6. The summed E-state index contributed by atoms with van der Waals surface area (Å²) in [5.41, 5.74) is 8.39. The quantitative estimate of drug-likeness (QED) is 0.176. The number of allylic oxidation sites excluding steroid dienone is 4. The molecule has 6 aromatic carbocycles. The predicted octanol–water partition coefficient (Wildman–Crippen LogP) is 11.3. The van der Waals surface area contributed by atoms with Crippen molar-refractivity contribution in [2.24, 2.45) is 0 Å². The Bertz CT molecular complexity index is 1790. The Hall–Kier alpha value is -5.08. The summed E-state index contributed by atoms with van der Waals surface area (Å²) in [6.45, 7) is 4.40. The molecule has 0 spiro atoms. The number of benzene rings is 6. The van der Waals surface area contributed by atoms with Gasteiger partial charge in [-0.3, -0.25) is 0 Å². The largest absolute Gasteiger partial charge is 0.348 e. The van der Waals surface area contributed by atoms with E-state index < -0.39 is 0 Å². The predicted molar refractivity (Wildman–Crippen MR) is 183 cm³/mol. The maximum atomic E-state index is 2.40. The summed E-state index contributed by atoms with van der Waals surface area (Å²) in [6, 6.07) is 49.9. The molecule has 0 bridgehead atoms. The van der Waals surface area contributed by atoms with Crippen LogP contribution < -0.4 is 9.80 Å². The number of hydrogen-bond donors (Lipinski definition) is 0. The molecule has 2 nitrogen and oxygen atoms in total.